The lowest BCUT2D eigenvalue weighted by atomic mass is 9.96. The van der Waals surface area contributed by atoms with Crippen LogP contribution in [0.5, 0.6) is 0 Å². The van der Waals surface area contributed by atoms with Gasteiger partial charge in [0, 0.05) is 12.6 Å². The van der Waals surface area contributed by atoms with E-state index in [1.807, 2.05) is 0 Å². The van der Waals surface area contributed by atoms with Crippen LogP contribution in [0.25, 0.3) is 0 Å². The van der Waals surface area contributed by atoms with Crippen molar-refractivity contribution in [3.63, 3.8) is 0 Å². The summed E-state index contributed by atoms with van der Waals surface area (Å²) in [5, 5.41) is 3.51. The Morgan fingerprint density at radius 1 is 1.21 bits per heavy atom. The summed E-state index contributed by atoms with van der Waals surface area (Å²) >= 11 is 0. The van der Waals surface area contributed by atoms with E-state index in [0.717, 1.165) is 12.0 Å². The molecule has 0 aliphatic carbocycles. The summed E-state index contributed by atoms with van der Waals surface area (Å²) < 4.78 is 0. The molecule has 0 spiro atoms. The van der Waals surface area contributed by atoms with Crippen LogP contribution in [0, 0.1) is 5.92 Å². The predicted molar refractivity (Wildman–Crippen MR) is 60.5 cm³/mol. The molecule has 2 saturated heterocycles. The van der Waals surface area contributed by atoms with Crippen molar-refractivity contribution in [1.29, 1.82) is 0 Å². The van der Waals surface area contributed by atoms with Crippen LogP contribution in [-0.2, 0) is 0 Å². The maximum absolute atomic E-state index is 3.51. The average molecular weight is 196 g/mol. The minimum absolute atomic E-state index is 0.839. The highest BCUT2D eigenvalue weighted by molar-refractivity contribution is 4.78. The summed E-state index contributed by atoms with van der Waals surface area (Å²) in [6.07, 6.45) is 7.11. The number of rotatable bonds is 2. The molecule has 0 unspecified atom stereocenters. The molecule has 0 aromatic heterocycles. The Kier molecular flexibility index (Phi) is 3.82. The van der Waals surface area contributed by atoms with Crippen LogP contribution in [0.2, 0.25) is 0 Å². The second kappa shape index (κ2) is 5.13. The Balaban J connectivity index is 1.76. The summed E-state index contributed by atoms with van der Waals surface area (Å²) in [4.78, 5) is 2.71. The van der Waals surface area contributed by atoms with Crippen molar-refractivity contribution in [2.24, 2.45) is 5.92 Å². The number of hydrogen-bond donors (Lipinski definition) is 1. The van der Waals surface area contributed by atoms with E-state index in [2.05, 4.69) is 17.1 Å². The molecule has 14 heavy (non-hydrogen) atoms. The van der Waals surface area contributed by atoms with Gasteiger partial charge in [0.2, 0.25) is 0 Å². The van der Waals surface area contributed by atoms with Crippen molar-refractivity contribution >= 4 is 0 Å². The van der Waals surface area contributed by atoms with Gasteiger partial charge < -0.3 is 10.2 Å². The molecule has 0 aromatic carbocycles. The molecule has 2 heteroatoms. The smallest absolute Gasteiger partial charge is 0.00670 e. The highest BCUT2D eigenvalue weighted by atomic mass is 15.2. The van der Waals surface area contributed by atoms with Gasteiger partial charge in [-0.3, -0.25) is 0 Å². The van der Waals surface area contributed by atoms with E-state index in [-0.39, 0.29) is 0 Å². The SMILES string of the molecule is C[C@H]1CCCCN1C[C@H]1CCCNC1. The van der Waals surface area contributed by atoms with Crippen molar-refractivity contribution in [1.82, 2.24) is 10.2 Å². The Morgan fingerprint density at radius 2 is 2.14 bits per heavy atom. The van der Waals surface area contributed by atoms with E-state index in [0.29, 0.717) is 0 Å². The molecule has 2 heterocycles. The normalized spacial score (nSPS) is 35.8. The lowest BCUT2D eigenvalue weighted by molar-refractivity contribution is 0.127. The predicted octanol–water partition coefficient (Wildman–Crippen LogP) is 1.86. The quantitative estimate of drug-likeness (QED) is 0.725. The zero-order chi connectivity index (χ0) is 9.80. The third-order valence-electron chi connectivity index (χ3n) is 3.83. The van der Waals surface area contributed by atoms with Gasteiger partial charge in [0.1, 0.15) is 0 Å². The highest BCUT2D eigenvalue weighted by Crippen LogP contribution is 2.20. The molecule has 2 aliphatic heterocycles. The van der Waals surface area contributed by atoms with Crippen molar-refractivity contribution in [3.8, 4) is 0 Å². The highest BCUT2D eigenvalue weighted by Gasteiger charge is 2.22. The fraction of sp³-hybridized carbons (Fsp3) is 1.00. The molecule has 0 amide bonds. The van der Waals surface area contributed by atoms with Crippen LogP contribution in [0.3, 0.4) is 0 Å². The van der Waals surface area contributed by atoms with Gasteiger partial charge in [0.25, 0.3) is 0 Å². The van der Waals surface area contributed by atoms with Crippen molar-refractivity contribution in [2.75, 3.05) is 26.2 Å². The first-order valence-electron chi connectivity index (χ1n) is 6.31. The molecule has 2 fully saturated rings. The summed E-state index contributed by atoms with van der Waals surface area (Å²) in [5.41, 5.74) is 0. The first kappa shape index (κ1) is 10.4. The molecule has 0 bridgehead atoms. The van der Waals surface area contributed by atoms with Crippen molar-refractivity contribution < 1.29 is 0 Å². The van der Waals surface area contributed by atoms with Gasteiger partial charge in [-0.1, -0.05) is 6.42 Å². The molecule has 2 nitrogen and oxygen atoms in total. The average Bonchev–Trinajstić information content (AvgIpc) is 2.23. The van der Waals surface area contributed by atoms with Crippen LogP contribution < -0.4 is 5.32 Å². The van der Waals surface area contributed by atoms with E-state index >= 15 is 0 Å². The fourth-order valence-corrected chi connectivity index (χ4v) is 2.84. The Bertz CT molecular complexity index is 164. The Morgan fingerprint density at radius 3 is 2.86 bits per heavy atom. The lowest BCUT2D eigenvalue weighted by Crippen LogP contribution is -2.44. The molecule has 0 radical (unpaired) electrons. The van der Waals surface area contributed by atoms with Crippen molar-refractivity contribution in [3.05, 3.63) is 0 Å². The fourth-order valence-electron chi connectivity index (χ4n) is 2.84. The number of hydrogen-bond acceptors (Lipinski definition) is 2. The van der Waals surface area contributed by atoms with Gasteiger partial charge in [-0.25, -0.2) is 0 Å². The molecular formula is C12H24N2. The Labute approximate surface area is 88.1 Å². The number of likely N-dealkylation sites (tertiary alicyclic amines) is 1. The van der Waals surface area contributed by atoms with Gasteiger partial charge in [-0.15, -0.1) is 0 Å². The van der Waals surface area contributed by atoms with E-state index in [9.17, 15) is 0 Å². The molecule has 2 aliphatic rings. The zero-order valence-corrected chi connectivity index (χ0v) is 9.47. The number of nitrogens with zero attached hydrogens (tertiary/aromatic N) is 1. The minimum atomic E-state index is 0.839. The zero-order valence-electron chi connectivity index (χ0n) is 9.47. The standard InChI is InChI=1S/C12H24N2/c1-11-5-2-3-8-14(11)10-12-6-4-7-13-9-12/h11-13H,2-10H2,1H3/t11-,12-/m0/s1. The number of piperidine rings is 2. The van der Waals surface area contributed by atoms with Crippen LogP contribution in [-0.4, -0.2) is 37.1 Å². The molecule has 2 rings (SSSR count). The molecule has 2 atom stereocenters. The van der Waals surface area contributed by atoms with Crippen molar-refractivity contribution in [2.45, 2.75) is 45.1 Å². The van der Waals surface area contributed by atoms with E-state index < -0.39 is 0 Å². The van der Waals surface area contributed by atoms with Crippen LogP contribution >= 0.6 is 0 Å². The van der Waals surface area contributed by atoms with E-state index in [4.69, 9.17) is 0 Å². The second-order valence-corrected chi connectivity index (χ2v) is 5.05. The maximum Gasteiger partial charge on any atom is 0.00670 e. The van der Waals surface area contributed by atoms with Gasteiger partial charge >= 0.3 is 0 Å². The first-order valence-corrected chi connectivity index (χ1v) is 6.31. The van der Waals surface area contributed by atoms with Gasteiger partial charge in [-0.05, 0) is 58.2 Å². The second-order valence-electron chi connectivity index (χ2n) is 5.05. The van der Waals surface area contributed by atoms with Gasteiger partial charge in [0.15, 0.2) is 0 Å². The Hall–Kier alpha value is -0.0800. The molecule has 0 saturated carbocycles. The third-order valence-corrected chi connectivity index (χ3v) is 3.83. The largest absolute Gasteiger partial charge is 0.316 e. The number of nitrogens with one attached hydrogen (secondary N) is 1. The van der Waals surface area contributed by atoms with Crippen LogP contribution in [0.4, 0.5) is 0 Å². The first-order chi connectivity index (χ1) is 6.86. The minimum Gasteiger partial charge on any atom is -0.316 e. The lowest BCUT2D eigenvalue weighted by Gasteiger charge is -2.37. The third kappa shape index (κ3) is 2.71. The summed E-state index contributed by atoms with van der Waals surface area (Å²) in [7, 11) is 0. The molecule has 0 aromatic rings. The van der Waals surface area contributed by atoms with Crippen LogP contribution in [0.1, 0.15) is 39.0 Å². The molecular weight excluding hydrogens is 172 g/mol. The maximum atomic E-state index is 3.51. The summed E-state index contributed by atoms with van der Waals surface area (Å²) in [6.45, 7) is 7.58. The molecule has 82 valence electrons. The van der Waals surface area contributed by atoms with Gasteiger partial charge in [0.05, 0.1) is 0 Å². The monoisotopic (exact) mass is 196 g/mol. The van der Waals surface area contributed by atoms with E-state index in [1.54, 1.807) is 0 Å². The van der Waals surface area contributed by atoms with Gasteiger partial charge in [-0.2, -0.15) is 0 Å². The summed E-state index contributed by atoms with van der Waals surface area (Å²) in [6, 6.07) is 0.839. The van der Waals surface area contributed by atoms with Crippen LogP contribution in [0.15, 0.2) is 0 Å². The van der Waals surface area contributed by atoms with E-state index in [1.165, 1.54) is 58.3 Å². The summed E-state index contributed by atoms with van der Waals surface area (Å²) in [5.74, 6) is 0.921. The topological polar surface area (TPSA) is 15.3 Å². The molecule has 1 N–H and O–H groups in total.